The summed E-state index contributed by atoms with van der Waals surface area (Å²) in [4.78, 5) is 5.05. The second kappa shape index (κ2) is 6.21. The number of benzene rings is 3. The van der Waals surface area contributed by atoms with E-state index in [4.69, 9.17) is 4.99 Å². The summed E-state index contributed by atoms with van der Waals surface area (Å²) < 4.78 is 0. The molecule has 1 heterocycles. The number of aliphatic imine (C=N–C) groups is 1. The van der Waals surface area contributed by atoms with Crippen LogP contribution in [0.1, 0.15) is 30.0 Å². The monoisotopic (exact) mass is 326 g/mol. The number of nitrogens with one attached hydrogen (secondary N) is 1. The lowest BCUT2D eigenvalue weighted by molar-refractivity contribution is 0.571. The molecule has 0 aromatic heterocycles. The Bertz CT molecular complexity index is 913. The molecule has 0 fully saturated rings. The highest BCUT2D eigenvalue weighted by Crippen LogP contribution is 2.39. The number of anilines is 1. The average Bonchev–Trinajstić information content (AvgIpc) is 2.80. The molecular formula is C23H22N2. The van der Waals surface area contributed by atoms with E-state index in [-0.39, 0.29) is 5.54 Å². The SMILES string of the molecule is Cc1ccc2c(c1)N=C(c1ccccc1)CC(C)(c1ccccc1)N2. The summed E-state index contributed by atoms with van der Waals surface area (Å²) in [5.41, 5.74) is 6.68. The summed E-state index contributed by atoms with van der Waals surface area (Å²) in [6.45, 7) is 4.37. The van der Waals surface area contributed by atoms with Gasteiger partial charge in [-0.25, -0.2) is 0 Å². The molecule has 25 heavy (non-hydrogen) atoms. The maximum Gasteiger partial charge on any atom is 0.0867 e. The van der Waals surface area contributed by atoms with Gasteiger partial charge < -0.3 is 5.32 Å². The third-order valence-electron chi connectivity index (χ3n) is 4.86. The lowest BCUT2D eigenvalue weighted by atomic mass is 9.85. The van der Waals surface area contributed by atoms with E-state index in [1.165, 1.54) is 16.7 Å². The van der Waals surface area contributed by atoms with Crippen molar-refractivity contribution in [3.8, 4) is 0 Å². The van der Waals surface area contributed by atoms with E-state index in [1.54, 1.807) is 0 Å². The van der Waals surface area contributed by atoms with Crippen LogP contribution >= 0.6 is 0 Å². The second-order valence-corrected chi connectivity index (χ2v) is 6.95. The zero-order chi connectivity index (χ0) is 17.3. The first-order chi connectivity index (χ1) is 12.1. The predicted octanol–water partition coefficient (Wildman–Crippen LogP) is 5.85. The van der Waals surface area contributed by atoms with Gasteiger partial charge in [0, 0.05) is 6.42 Å². The van der Waals surface area contributed by atoms with Gasteiger partial charge >= 0.3 is 0 Å². The van der Waals surface area contributed by atoms with E-state index >= 15 is 0 Å². The van der Waals surface area contributed by atoms with Crippen molar-refractivity contribution < 1.29 is 0 Å². The van der Waals surface area contributed by atoms with Gasteiger partial charge in [0.05, 0.1) is 22.6 Å². The number of nitrogens with zero attached hydrogens (tertiary/aromatic N) is 1. The molecule has 0 spiro atoms. The summed E-state index contributed by atoms with van der Waals surface area (Å²) in [6, 6.07) is 27.6. The first-order valence-corrected chi connectivity index (χ1v) is 8.71. The van der Waals surface area contributed by atoms with Crippen LogP contribution in [-0.4, -0.2) is 5.71 Å². The fourth-order valence-electron chi connectivity index (χ4n) is 3.48. The normalized spacial score (nSPS) is 19.4. The highest BCUT2D eigenvalue weighted by atomic mass is 15.0. The van der Waals surface area contributed by atoms with Crippen LogP contribution in [0.15, 0.2) is 83.9 Å². The van der Waals surface area contributed by atoms with Gasteiger partial charge in [-0.1, -0.05) is 66.7 Å². The van der Waals surface area contributed by atoms with Gasteiger partial charge in [0.15, 0.2) is 0 Å². The molecule has 1 N–H and O–H groups in total. The molecule has 0 saturated carbocycles. The van der Waals surface area contributed by atoms with Crippen LogP contribution in [0.3, 0.4) is 0 Å². The van der Waals surface area contributed by atoms with E-state index < -0.39 is 0 Å². The highest BCUT2D eigenvalue weighted by Gasteiger charge is 2.31. The molecule has 0 aliphatic carbocycles. The summed E-state index contributed by atoms with van der Waals surface area (Å²) in [5, 5.41) is 3.76. The minimum absolute atomic E-state index is 0.212. The Labute approximate surface area is 149 Å². The topological polar surface area (TPSA) is 24.4 Å². The predicted molar refractivity (Wildman–Crippen MR) is 106 cm³/mol. The number of aryl methyl sites for hydroxylation is 1. The van der Waals surface area contributed by atoms with Gasteiger partial charge in [-0.15, -0.1) is 0 Å². The molecule has 1 aliphatic rings. The quantitative estimate of drug-likeness (QED) is 0.628. The van der Waals surface area contributed by atoms with E-state index in [0.29, 0.717) is 0 Å². The van der Waals surface area contributed by atoms with Crippen LogP contribution in [0.25, 0.3) is 0 Å². The summed E-state index contributed by atoms with van der Waals surface area (Å²) in [5.74, 6) is 0. The van der Waals surface area contributed by atoms with Crippen molar-refractivity contribution in [2.75, 3.05) is 5.32 Å². The summed E-state index contributed by atoms with van der Waals surface area (Å²) in [7, 11) is 0. The second-order valence-electron chi connectivity index (χ2n) is 6.95. The molecular weight excluding hydrogens is 304 g/mol. The fourth-order valence-corrected chi connectivity index (χ4v) is 3.48. The Morgan fingerprint density at radius 2 is 1.56 bits per heavy atom. The molecule has 124 valence electrons. The van der Waals surface area contributed by atoms with Crippen LogP contribution < -0.4 is 5.32 Å². The van der Waals surface area contributed by atoms with Gasteiger partial charge in [-0.3, -0.25) is 4.99 Å². The largest absolute Gasteiger partial charge is 0.374 e. The van der Waals surface area contributed by atoms with Crippen LogP contribution in [0.4, 0.5) is 11.4 Å². The van der Waals surface area contributed by atoms with E-state index in [0.717, 1.165) is 23.5 Å². The molecule has 0 amide bonds. The van der Waals surface area contributed by atoms with Crippen molar-refractivity contribution >= 4 is 17.1 Å². The smallest absolute Gasteiger partial charge is 0.0867 e. The molecule has 3 aromatic rings. The van der Waals surface area contributed by atoms with E-state index in [2.05, 4.69) is 92.0 Å². The zero-order valence-corrected chi connectivity index (χ0v) is 14.7. The molecule has 0 radical (unpaired) electrons. The lowest BCUT2D eigenvalue weighted by Gasteiger charge is -2.32. The molecule has 1 unspecified atom stereocenters. The van der Waals surface area contributed by atoms with Gasteiger partial charge in [0.25, 0.3) is 0 Å². The zero-order valence-electron chi connectivity index (χ0n) is 14.7. The molecule has 2 heteroatoms. The summed E-state index contributed by atoms with van der Waals surface area (Å²) in [6.07, 6.45) is 0.828. The Hall–Kier alpha value is -2.87. The molecule has 3 aromatic carbocycles. The van der Waals surface area contributed by atoms with Crippen LogP contribution in [0.5, 0.6) is 0 Å². The highest BCUT2D eigenvalue weighted by molar-refractivity contribution is 6.04. The van der Waals surface area contributed by atoms with Crippen molar-refractivity contribution in [2.24, 2.45) is 4.99 Å². The van der Waals surface area contributed by atoms with E-state index in [1.807, 2.05) is 6.07 Å². The molecule has 2 nitrogen and oxygen atoms in total. The van der Waals surface area contributed by atoms with Crippen LogP contribution in [0.2, 0.25) is 0 Å². The minimum atomic E-state index is -0.212. The Morgan fingerprint density at radius 1 is 0.880 bits per heavy atom. The Kier molecular flexibility index (Phi) is 3.89. The third-order valence-corrected chi connectivity index (χ3v) is 4.86. The van der Waals surface area contributed by atoms with Gasteiger partial charge in [0.1, 0.15) is 0 Å². The Morgan fingerprint density at radius 3 is 2.28 bits per heavy atom. The van der Waals surface area contributed by atoms with Crippen LogP contribution in [-0.2, 0) is 5.54 Å². The first-order valence-electron chi connectivity index (χ1n) is 8.71. The van der Waals surface area contributed by atoms with Crippen molar-refractivity contribution in [2.45, 2.75) is 25.8 Å². The standard InChI is InChI=1S/C23H22N2/c1-17-13-14-20-21(15-17)24-22(18-9-5-3-6-10-18)16-23(2,25-20)19-11-7-4-8-12-19/h3-15,25H,16H2,1-2H3. The maximum absolute atomic E-state index is 5.05. The molecule has 1 atom stereocenters. The van der Waals surface area contributed by atoms with Gasteiger partial charge in [-0.2, -0.15) is 0 Å². The summed E-state index contributed by atoms with van der Waals surface area (Å²) >= 11 is 0. The third kappa shape index (κ3) is 3.08. The number of rotatable bonds is 2. The van der Waals surface area contributed by atoms with Gasteiger partial charge in [-0.05, 0) is 42.7 Å². The fraction of sp³-hybridized carbons (Fsp3) is 0.174. The van der Waals surface area contributed by atoms with Gasteiger partial charge in [0.2, 0.25) is 0 Å². The molecule has 1 aliphatic heterocycles. The van der Waals surface area contributed by atoms with Crippen molar-refractivity contribution in [3.63, 3.8) is 0 Å². The Balaban J connectivity index is 1.89. The van der Waals surface area contributed by atoms with Crippen molar-refractivity contribution in [1.29, 1.82) is 0 Å². The molecule has 0 saturated heterocycles. The minimum Gasteiger partial charge on any atom is -0.374 e. The number of hydrogen-bond donors (Lipinski definition) is 1. The van der Waals surface area contributed by atoms with Crippen LogP contribution in [0, 0.1) is 6.92 Å². The first kappa shape index (κ1) is 15.6. The molecule has 0 bridgehead atoms. The average molecular weight is 326 g/mol. The van der Waals surface area contributed by atoms with Crippen molar-refractivity contribution in [1.82, 2.24) is 0 Å². The number of fused-ring (bicyclic) bond motifs is 1. The molecule has 4 rings (SSSR count). The van der Waals surface area contributed by atoms with Crippen molar-refractivity contribution in [3.05, 3.63) is 95.6 Å². The maximum atomic E-state index is 5.05. The van der Waals surface area contributed by atoms with E-state index in [9.17, 15) is 0 Å². The lowest BCUT2D eigenvalue weighted by Crippen LogP contribution is -2.33. The number of hydrogen-bond acceptors (Lipinski definition) is 2.